The monoisotopic (exact) mass is 322 g/mol. The molecule has 1 saturated carbocycles. The van der Waals surface area contributed by atoms with Crippen LogP contribution in [0.3, 0.4) is 0 Å². The van der Waals surface area contributed by atoms with Crippen molar-refractivity contribution in [3.05, 3.63) is 22.1 Å². The van der Waals surface area contributed by atoms with E-state index in [2.05, 4.69) is 33.8 Å². The molecule has 0 saturated heterocycles. The molecule has 0 radical (unpaired) electrons. The van der Waals surface area contributed by atoms with Crippen LogP contribution in [-0.2, 0) is 0 Å². The van der Waals surface area contributed by atoms with Gasteiger partial charge in [-0.1, -0.05) is 13.8 Å². The number of aryl methyl sites for hydroxylation is 1. The van der Waals surface area contributed by atoms with Crippen LogP contribution in [0.25, 0.3) is 0 Å². The molecule has 2 N–H and O–H groups in total. The maximum absolute atomic E-state index is 12.4. The van der Waals surface area contributed by atoms with Gasteiger partial charge in [-0.3, -0.25) is 4.79 Å². The molecule has 1 atom stereocenters. The van der Waals surface area contributed by atoms with Gasteiger partial charge < -0.3 is 10.6 Å². The maximum Gasteiger partial charge on any atom is 0.271 e. The Balaban J connectivity index is 1.70. The average Bonchev–Trinajstić information content (AvgIpc) is 3.05. The van der Waals surface area contributed by atoms with E-state index in [1.54, 1.807) is 6.20 Å². The summed E-state index contributed by atoms with van der Waals surface area (Å²) in [6.07, 6.45) is 3.96. The highest BCUT2D eigenvalue weighted by Gasteiger charge is 2.39. The Morgan fingerprint density at radius 3 is 2.86 bits per heavy atom. The average molecular weight is 322 g/mol. The first-order valence-corrected chi connectivity index (χ1v) is 8.56. The number of nitrogens with one attached hydrogen (secondary N) is 2. The number of anilines is 2. The van der Waals surface area contributed by atoms with E-state index in [9.17, 15) is 4.79 Å². The molecule has 1 fully saturated rings. The van der Waals surface area contributed by atoms with Gasteiger partial charge in [0.05, 0.1) is 11.9 Å². The maximum atomic E-state index is 12.4. The fourth-order valence-corrected chi connectivity index (χ4v) is 3.71. The molecule has 2 aromatic rings. The number of thiazole rings is 1. The molecular formula is C14H18N4OS2. The standard InChI is InChI=1S/C14H18N4OS2/c1-8-11(12(19)17-10-4-5-14(10,2)3)18-13(21-8)16-9-6-15-20-7-9/h6-7,10H,4-5H2,1-3H3,(H,16,18)(H,17,19). The van der Waals surface area contributed by atoms with Crippen molar-refractivity contribution in [1.82, 2.24) is 14.7 Å². The van der Waals surface area contributed by atoms with E-state index in [4.69, 9.17) is 0 Å². The fraction of sp³-hybridized carbons (Fsp3) is 0.500. The van der Waals surface area contributed by atoms with Gasteiger partial charge in [-0.05, 0) is 36.7 Å². The van der Waals surface area contributed by atoms with Gasteiger partial charge in [0.2, 0.25) is 0 Å². The second-order valence-electron chi connectivity index (χ2n) is 6.02. The van der Waals surface area contributed by atoms with E-state index in [-0.39, 0.29) is 17.4 Å². The van der Waals surface area contributed by atoms with Gasteiger partial charge in [0.15, 0.2) is 5.13 Å². The number of carbonyl (C=O) groups is 1. The first kappa shape index (κ1) is 14.5. The Morgan fingerprint density at radius 1 is 1.48 bits per heavy atom. The van der Waals surface area contributed by atoms with Crippen LogP contribution in [0, 0.1) is 12.3 Å². The molecule has 5 nitrogen and oxygen atoms in total. The number of carbonyl (C=O) groups excluding carboxylic acids is 1. The van der Waals surface area contributed by atoms with Crippen LogP contribution in [0.2, 0.25) is 0 Å². The van der Waals surface area contributed by atoms with E-state index in [1.807, 2.05) is 12.3 Å². The van der Waals surface area contributed by atoms with E-state index in [0.717, 1.165) is 28.5 Å². The van der Waals surface area contributed by atoms with Gasteiger partial charge >= 0.3 is 0 Å². The molecule has 1 aliphatic rings. The van der Waals surface area contributed by atoms with Crippen molar-refractivity contribution >= 4 is 39.6 Å². The van der Waals surface area contributed by atoms with E-state index in [1.165, 1.54) is 22.9 Å². The van der Waals surface area contributed by atoms with Crippen molar-refractivity contribution in [3.63, 3.8) is 0 Å². The lowest BCUT2D eigenvalue weighted by atomic mass is 9.67. The lowest BCUT2D eigenvalue weighted by Gasteiger charge is -2.44. The highest BCUT2D eigenvalue weighted by molar-refractivity contribution is 7.16. The summed E-state index contributed by atoms with van der Waals surface area (Å²) >= 11 is 2.87. The summed E-state index contributed by atoms with van der Waals surface area (Å²) in [5.74, 6) is -0.0713. The zero-order valence-corrected chi connectivity index (χ0v) is 13.9. The molecule has 1 amide bonds. The number of aromatic nitrogens is 2. The summed E-state index contributed by atoms with van der Waals surface area (Å²) in [6, 6.07) is 0.253. The first-order chi connectivity index (χ1) is 9.95. The van der Waals surface area contributed by atoms with Crippen molar-refractivity contribution in [2.45, 2.75) is 39.7 Å². The van der Waals surface area contributed by atoms with E-state index in [0.29, 0.717) is 5.69 Å². The van der Waals surface area contributed by atoms with Crippen molar-refractivity contribution in [3.8, 4) is 0 Å². The molecule has 0 bridgehead atoms. The van der Waals surface area contributed by atoms with Crippen molar-refractivity contribution in [1.29, 1.82) is 0 Å². The van der Waals surface area contributed by atoms with Crippen LogP contribution in [0.1, 0.15) is 42.1 Å². The van der Waals surface area contributed by atoms with Crippen LogP contribution in [0.5, 0.6) is 0 Å². The number of hydrogen-bond donors (Lipinski definition) is 2. The van der Waals surface area contributed by atoms with Gasteiger partial charge in [-0.25, -0.2) is 4.98 Å². The van der Waals surface area contributed by atoms with Crippen LogP contribution in [0.15, 0.2) is 11.6 Å². The zero-order chi connectivity index (χ0) is 15.0. The largest absolute Gasteiger partial charge is 0.347 e. The van der Waals surface area contributed by atoms with Gasteiger partial charge in [0.25, 0.3) is 5.91 Å². The van der Waals surface area contributed by atoms with Gasteiger partial charge in [-0.15, -0.1) is 11.3 Å². The molecule has 2 heterocycles. The van der Waals surface area contributed by atoms with Crippen LogP contribution in [-0.4, -0.2) is 21.3 Å². The fourth-order valence-electron chi connectivity index (χ4n) is 2.41. The summed E-state index contributed by atoms with van der Waals surface area (Å²) < 4.78 is 4.03. The highest BCUT2D eigenvalue weighted by atomic mass is 32.1. The summed E-state index contributed by atoms with van der Waals surface area (Å²) in [6.45, 7) is 6.30. The molecule has 0 aromatic carbocycles. The topological polar surface area (TPSA) is 66.9 Å². The SMILES string of the molecule is Cc1sc(Nc2cnsc2)nc1C(=O)NC1CCC1(C)C. The van der Waals surface area contributed by atoms with Crippen LogP contribution >= 0.6 is 22.9 Å². The van der Waals surface area contributed by atoms with E-state index >= 15 is 0 Å². The third kappa shape index (κ3) is 2.94. The Labute approximate surface area is 132 Å². The summed E-state index contributed by atoms with van der Waals surface area (Å²) in [4.78, 5) is 17.7. The smallest absolute Gasteiger partial charge is 0.271 e. The lowest BCUT2D eigenvalue weighted by Crippen LogP contribution is -2.52. The normalized spacial score (nSPS) is 19.9. The van der Waals surface area contributed by atoms with Crippen LogP contribution < -0.4 is 10.6 Å². The molecule has 112 valence electrons. The minimum atomic E-state index is -0.0713. The highest BCUT2D eigenvalue weighted by Crippen LogP contribution is 2.40. The summed E-state index contributed by atoms with van der Waals surface area (Å²) in [5.41, 5.74) is 1.62. The molecule has 0 aliphatic heterocycles. The van der Waals surface area contributed by atoms with Gasteiger partial charge in [-0.2, -0.15) is 4.37 Å². The predicted molar refractivity (Wildman–Crippen MR) is 86.5 cm³/mol. The molecule has 21 heavy (non-hydrogen) atoms. The second-order valence-corrected chi connectivity index (χ2v) is 7.88. The Kier molecular flexibility index (Phi) is 3.71. The second kappa shape index (κ2) is 5.38. The minimum absolute atomic E-state index is 0.0713. The molecule has 1 aliphatic carbocycles. The van der Waals surface area contributed by atoms with Crippen LogP contribution in [0.4, 0.5) is 10.8 Å². The Hall–Kier alpha value is -1.47. The third-order valence-corrected chi connectivity index (χ3v) is 5.49. The number of amides is 1. The third-order valence-electron chi connectivity index (χ3n) is 4.02. The van der Waals surface area contributed by atoms with E-state index < -0.39 is 0 Å². The zero-order valence-electron chi connectivity index (χ0n) is 12.3. The molecule has 2 aromatic heterocycles. The van der Waals surface area contributed by atoms with Crippen molar-refractivity contribution < 1.29 is 4.79 Å². The Bertz CT molecular complexity index is 648. The molecule has 1 unspecified atom stereocenters. The summed E-state index contributed by atoms with van der Waals surface area (Å²) in [7, 11) is 0. The van der Waals surface area contributed by atoms with Gasteiger partial charge in [0, 0.05) is 16.3 Å². The Morgan fingerprint density at radius 2 is 2.29 bits per heavy atom. The van der Waals surface area contributed by atoms with Crippen molar-refractivity contribution in [2.75, 3.05) is 5.32 Å². The molecule has 7 heteroatoms. The molecular weight excluding hydrogens is 304 g/mol. The number of hydrogen-bond acceptors (Lipinski definition) is 6. The lowest BCUT2D eigenvalue weighted by molar-refractivity contribution is 0.0728. The number of rotatable bonds is 4. The van der Waals surface area contributed by atoms with Crippen molar-refractivity contribution in [2.24, 2.45) is 5.41 Å². The molecule has 0 spiro atoms. The number of nitrogens with zero attached hydrogens (tertiary/aromatic N) is 2. The van der Waals surface area contributed by atoms with Gasteiger partial charge in [0.1, 0.15) is 5.69 Å². The summed E-state index contributed by atoms with van der Waals surface area (Å²) in [5, 5.41) is 8.91. The quantitative estimate of drug-likeness (QED) is 0.903. The molecule has 3 rings (SSSR count). The first-order valence-electron chi connectivity index (χ1n) is 6.90. The predicted octanol–water partition coefficient (Wildman–Crippen LogP) is 3.57. The minimum Gasteiger partial charge on any atom is -0.347 e.